The summed E-state index contributed by atoms with van der Waals surface area (Å²) >= 11 is 4.86. The second kappa shape index (κ2) is 6.74. The third kappa shape index (κ3) is 3.31. The number of fused-ring (bicyclic) bond motifs is 1. The molecule has 2 aromatic carbocycles. The van der Waals surface area contributed by atoms with Gasteiger partial charge >= 0.3 is 0 Å². The fraction of sp³-hybridized carbons (Fsp3) is 0. The molecule has 0 bridgehead atoms. The van der Waals surface area contributed by atoms with Crippen molar-refractivity contribution in [3.63, 3.8) is 0 Å². The first-order valence-corrected chi connectivity index (χ1v) is 9.24. The summed E-state index contributed by atoms with van der Waals surface area (Å²) in [4.78, 5) is 21.5. The number of halogens is 1. The van der Waals surface area contributed by atoms with Gasteiger partial charge in [-0.05, 0) is 30.3 Å². The van der Waals surface area contributed by atoms with E-state index in [1.165, 1.54) is 11.3 Å². The molecule has 122 valence electrons. The summed E-state index contributed by atoms with van der Waals surface area (Å²) in [5, 5.41) is 6.21. The van der Waals surface area contributed by atoms with Crippen molar-refractivity contribution >= 4 is 49.2 Å². The van der Waals surface area contributed by atoms with Gasteiger partial charge in [0.15, 0.2) is 5.13 Å². The molecule has 2 heterocycles. The van der Waals surface area contributed by atoms with Crippen LogP contribution in [0, 0.1) is 0 Å². The van der Waals surface area contributed by atoms with Gasteiger partial charge in [0, 0.05) is 32.6 Å². The summed E-state index contributed by atoms with van der Waals surface area (Å²) in [6.45, 7) is 0. The van der Waals surface area contributed by atoms with Crippen molar-refractivity contribution in [3.8, 4) is 11.3 Å². The number of carbonyl (C=O) groups excluding carboxylic acids is 1. The minimum Gasteiger partial charge on any atom is -0.298 e. The van der Waals surface area contributed by atoms with Crippen LogP contribution < -0.4 is 5.32 Å². The number of amides is 1. The van der Waals surface area contributed by atoms with Gasteiger partial charge in [-0.1, -0.05) is 40.2 Å². The molecule has 0 aliphatic heterocycles. The molecule has 0 saturated heterocycles. The number of thiazole rings is 1. The lowest BCUT2D eigenvalue weighted by molar-refractivity contribution is 0.102. The molecule has 0 fully saturated rings. The van der Waals surface area contributed by atoms with E-state index in [0.29, 0.717) is 10.7 Å². The first kappa shape index (κ1) is 15.9. The predicted octanol–water partition coefficient (Wildman–Crippen LogP) is 5.37. The lowest BCUT2D eigenvalue weighted by Crippen LogP contribution is -2.12. The molecular weight excluding hydrogens is 398 g/mol. The fourth-order valence-corrected chi connectivity index (χ4v) is 3.69. The van der Waals surface area contributed by atoms with Crippen molar-refractivity contribution in [2.24, 2.45) is 0 Å². The van der Waals surface area contributed by atoms with Gasteiger partial charge in [0.05, 0.1) is 11.2 Å². The van der Waals surface area contributed by atoms with Gasteiger partial charge in [-0.25, -0.2) is 4.98 Å². The molecule has 0 saturated carbocycles. The maximum atomic E-state index is 12.6. The maximum Gasteiger partial charge on any atom is 0.258 e. The van der Waals surface area contributed by atoms with Crippen LogP contribution in [0.5, 0.6) is 0 Å². The average Bonchev–Trinajstić information content (AvgIpc) is 3.10. The Morgan fingerprint density at radius 3 is 2.84 bits per heavy atom. The molecule has 4 nitrogen and oxygen atoms in total. The van der Waals surface area contributed by atoms with Crippen LogP contribution in [0.4, 0.5) is 5.13 Å². The van der Waals surface area contributed by atoms with Crippen molar-refractivity contribution in [1.82, 2.24) is 9.97 Å². The highest BCUT2D eigenvalue weighted by Crippen LogP contribution is 2.27. The minimum absolute atomic E-state index is 0.186. The number of nitrogens with one attached hydrogen (secondary N) is 1. The third-order valence-corrected chi connectivity index (χ3v) is 4.99. The average molecular weight is 410 g/mol. The molecule has 4 aromatic rings. The molecule has 25 heavy (non-hydrogen) atoms. The molecule has 0 aliphatic rings. The number of aromatic nitrogens is 2. The Morgan fingerprint density at radius 1 is 1.08 bits per heavy atom. The van der Waals surface area contributed by atoms with Gasteiger partial charge < -0.3 is 0 Å². The van der Waals surface area contributed by atoms with Crippen molar-refractivity contribution in [2.45, 2.75) is 0 Å². The zero-order valence-corrected chi connectivity index (χ0v) is 15.3. The van der Waals surface area contributed by atoms with Crippen molar-refractivity contribution in [2.75, 3.05) is 5.32 Å². The zero-order valence-electron chi connectivity index (χ0n) is 12.9. The van der Waals surface area contributed by atoms with Gasteiger partial charge in [0.2, 0.25) is 0 Å². The maximum absolute atomic E-state index is 12.6. The van der Waals surface area contributed by atoms with Crippen molar-refractivity contribution in [1.29, 1.82) is 0 Å². The summed E-state index contributed by atoms with van der Waals surface area (Å²) in [6, 6.07) is 17.1. The van der Waals surface area contributed by atoms with Crippen LogP contribution >= 0.6 is 27.3 Å². The van der Waals surface area contributed by atoms with E-state index < -0.39 is 0 Å². The summed E-state index contributed by atoms with van der Waals surface area (Å²) < 4.78 is 0.992. The number of nitrogens with zero attached hydrogens (tertiary/aromatic N) is 2. The van der Waals surface area contributed by atoms with Crippen LogP contribution in [0.1, 0.15) is 10.4 Å². The largest absolute Gasteiger partial charge is 0.298 e. The molecule has 0 spiro atoms. The molecule has 0 atom stereocenters. The Bertz CT molecular complexity index is 1070. The van der Waals surface area contributed by atoms with E-state index in [-0.39, 0.29) is 5.91 Å². The quantitative estimate of drug-likeness (QED) is 0.494. The summed E-state index contributed by atoms with van der Waals surface area (Å²) in [5.74, 6) is -0.186. The number of pyridine rings is 1. The molecule has 1 amide bonds. The zero-order chi connectivity index (χ0) is 17.2. The molecule has 0 aliphatic carbocycles. The standard InChI is InChI=1S/C19H12BrN3OS/c20-13-5-1-4-12(10-13)17-11-25-19(22-17)23-18(24)15-6-2-8-16-14(15)7-3-9-21-16/h1-11H,(H,22,23,24). The van der Waals surface area contributed by atoms with Crippen LogP contribution in [0.2, 0.25) is 0 Å². The minimum atomic E-state index is -0.186. The molecule has 1 N–H and O–H groups in total. The van der Waals surface area contributed by atoms with Gasteiger partial charge in [-0.2, -0.15) is 0 Å². The number of rotatable bonds is 3. The number of hydrogen-bond donors (Lipinski definition) is 1. The van der Waals surface area contributed by atoms with E-state index in [1.807, 2.05) is 53.9 Å². The van der Waals surface area contributed by atoms with Gasteiger partial charge in [-0.15, -0.1) is 11.3 Å². The Morgan fingerprint density at radius 2 is 1.96 bits per heavy atom. The Kier molecular flexibility index (Phi) is 4.29. The van der Waals surface area contributed by atoms with E-state index in [2.05, 4.69) is 31.2 Å². The molecule has 2 aromatic heterocycles. The second-order valence-corrected chi connectivity index (χ2v) is 7.15. The predicted molar refractivity (Wildman–Crippen MR) is 105 cm³/mol. The molecular formula is C19H12BrN3OS. The van der Waals surface area contributed by atoms with Gasteiger partial charge in [0.1, 0.15) is 0 Å². The summed E-state index contributed by atoms with van der Waals surface area (Å²) in [5.41, 5.74) is 3.22. The Balaban J connectivity index is 1.61. The van der Waals surface area contributed by atoms with E-state index in [1.54, 1.807) is 12.3 Å². The van der Waals surface area contributed by atoms with Crippen molar-refractivity contribution in [3.05, 3.63) is 76.2 Å². The third-order valence-electron chi connectivity index (χ3n) is 3.74. The highest BCUT2D eigenvalue weighted by atomic mass is 79.9. The summed E-state index contributed by atoms with van der Waals surface area (Å²) in [7, 11) is 0. The van der Waals surface area contributed by atoms with Crippen molar-refractivity contribution < 1.29 is 4.79 Å². The highest BCUT2D eigenvalue weighted by Gasteiger charge is 2.13. The normalized spacial score (nSPS) is 10.8. The smallest absolute Gasteiger partial charge is 0.258 e. The van der Waals surface area contributed by atoms with E-state index >= 15 is 0 Å². The molecule has 0 radical (unpaired) electrons. The Hall–Kier alpha value is -2.57. The Labute approximate surface area is 156 Å². The fourth-order valence-electron chi connectivity index (χ4n) is 2.58. The lowest BCUT2D eigenvalue weighted by Gasteiger charge is -2.05. The van der Waals surface area contributed by atoms with Crippen LogP contribution in [0.15, 0.2) is 70.6 Å². The lowest BCUT2D eigenvalue weighted by atomic mass is 10.1. The van der Waals surface area contributed by atoms with E-state index in [4.69, 9.17) is 0 Å². The number of anilines is 1. The van der Waals surface area contributed by atoms with E-state index in [9.17, 15) is 4.79 Å². The molecule has 0 unspecified atom stereocenters. The van der Waals surface area contributed by atoms with Crippen LogP contribution in [-0.4, -0.2) is 15.9 Å². The van der Waals surface area contributed by atoms with E-state index in [0.717, 1.165) is 26.6 Å². The first-order valence-electron chi connectivity index (χ1n) is 7.57. The van der Waals surface area contributed by atoms with Crippen LogP contribution in [-0.2, 0) is 0 Å². The SMILES string of the molecule is O=C(Nc1nc(-c2cccc(Br)c2)cs1)c1cccc2ncccc12. The first-order chi connectivity index (χ1) is 12.2. The second-order valence-electron chi connectivity index (χ2n) is 5.38. The topological polar surface area (TPSA) is 54.9 Å². The number of benzene rings is 2. The summed E-state index contributed by atoms with van der Waals surface area (Å²) in [6.07, 6.45) is 1.72. The number of carbonyl (C=O) groups is 1. The van der Waals surface area contributed by atoms with Gasteiger partial charge in [0.25, 0.3) is 5.91 Å². The van der Waals surface area contributed by atoms with Crippen LogP contribution in [0.25, 0.3) is 22.2 Å². The molecule has 6 heteroatoms. The monoisotopic (exact) mass is 409 g/mol. The molecule has 4 rings (SSSR count). The highest BCUT2D eigenvalue weighted by molar-refractivity contribution is 9.10. The van der Waals surface area contributed by atoms with Gasteiger partial charge in [-0.3, -0.25) is 15.1 Å². The number of hydrogen-bond acceptors (Lipinski definition) is 4. The van der Waals surface area contributed by atoms with Crippen LogP contribution in [0.3, 0.4) is 0 Å².